The van der Waals surface area contributed by atoms with Crippen molar-refractivity contribution in [3.63, 3.8) is 0 Å². The van der Waals surface area contributed by atoms with Crippen LogP contribution in [0.4, 0.5) is 34.1 Å². The van der Waals surface area contributed by atoms with E-state index in [1.165, 1.54) is 54.9 Å². The first kappa shape index (κ1) is 34.8. The van der Waals surface area contributed by atoms with Crippen LogP contribution in [0.5, 0.6) is 0 Å². The molecule has 0 saturated carbocycles. The monoisotopic (exact) mass is 740 g/mol. The maximum Gasteiger partial charge on any atom is 0.0463 e. The minimum absolute atomic E-state index is 1.08. The Bertz CT molecular complexity index is 2890. The van der Waals surface area contributed by atoms with Crippen LogP contribution < -0.4 is 9.80 Å². The molecule has 0 unspecified atom stereocenters. The van der Waals surface area contributed by atoms with Crippen molar-refractivity contribution in [2.75, 3.05) is 9.80 Å². The van der Waals surface area contributed by atoms with E-state index in [1.54, 1.807) is 0 Å². The first-order valence-corrected chi connectivity index (χ1v) is 19.9. The Labute approximate surface area is 340 Å². The van der Waals surface area contributed by atoms with Gasteiger partial charge in [0.25, 0.3) is 0 Å². The predicted molar refractivity (Wildman–Crippen MR) is 247 cm³/mol. The Kier molecular flexibility index (Phi) is 9.27. The van der Waals surface area contributed by atoms with Crippen molar-refractivity contribution >= 4 is 55.7 Å². The van der Waals surface area contributed by atoms with Gasteiger partial charge in [-0.1, -0.05) is 170 Å². The van der Waals surface area contributed by atoms with Gasteiger partial charge in [-0.15, -0.1) is 0 Å². The molecular weight excluding hydrogens is 701 g/mol. The summed E-state index contributed by atoms with van der Waals surface area (Å²) < 4.78 is 0. The average Bonchev–Trinajstić information content (AvgIpc) is 3.31. The fourth-order valence-electron chi connectivity index (χ4n) is 8.37. The lowest BCUT2D eigenvalue weighted by molar-refractivity contribution is 1.26. The average molecular weight is 741 g/mol. The first-order chi connectivity index (χ1) is 28.8. The van der Waals surface area contributed by atoms with Crippen LogP contribution in [-0.4, -0.2) is 0 Å². The van der Waals surface area contributed by atoms with Gasteiger partial charge >= 0.3 is 0 Å². The summed E-state index contributed by atoms with van der Waals surface area (Å²) >= 11 is 0. The molecule has 0 N–H and O–H groups in total. The summed E-state index contributed by atoms with van der Waals surface area (Å²) in [7, 11) is 0. The Balaban J connectivity index is 1.04. The standard InChI is InChI=1S/C56H40N2/c1-5-17-41(18-6-1)42-29-33-47(34-30-42)57(45-21-9-3-10-22-45)49-37-39-50(40-38-49)58(46-23-11-4-12-24-46)48-35-31-44(32-36-48)56-53-27-15-13-25-51(53)55(43-19-7-2-8-20-43)52-26-14-16-28-54(52)56/h1-40H. The third-order valence-corrected chi connectivity index (χ3v) is 11.0. The van der Waals surface area contributed by atoms with Gasteiger partial charge in [0.05, 0.1) is 0 Å². The Morgan fingerprint density at radius 1 is 0.172 bits per heavy atom. The highest BCUT2D eigenvalue weighted by Gasteiger charge is 2.19. The molecule has 0 bridgehead atoms. The number of hydrogen-bond acceptors (Lipinski definition) is 2. The number of rotatable bonds is 9. The smallest absolute Gasteiger partial charge is 0.0463 e. The van der Waals surface area contributed by atoms with Crippen LogP contribution in [0.3, 0.4) is 0 Å². The van der Waals surface area contributed by atoms with E-state index in [9.17, 15) is 0 Å². The lowest BCUT2D eigenvalue weighted by Crippen LogP contribution is -2.12. The molecule has 0 aliphatic carbocycles. The Hall–Kier alpha value is -7.68. The number of para-hydroxylation sites is 2. The fourth-order valence-corrected chi connectivity index (χ4v) is 8.37. The second-order valence-corrected chi connectivity index (χ2v) is 14.5. The molecule has 2 nitrogen and oxygen atoms in total. The van der Waals surface area contributed by atoms with Crippen LogP contribution in [0, 0.1) is 0 Å². The summed E-state index contributed by atoms with van der Waals surface area (Å²) in [4.78, 5) is 4.65. The molecule has 10 aromatic rings. The quantitative estimate of drug-likeness (QED) is 0.136. The molecule has 274 valence electrons. The summed E-state index contributed by atoms with van der Waals surface area (Å²) in [6.45, 7) is 0. The van der Waals surface area contributed by atoms with E-state index in [4.69, 9.17) is 0 Å². The second-order valence-electron chi connectivity index (χ2n) is 14.5. The fraction of sp³-hybridized carbons (Fsp3) is 0. The molecule has 2 heteroatoms. The van der Waals surface area contributed by atoms with Gasteiger partial charge in [-0.2, -0.15) is 0 Å². The van der Waals surface area contributed by atoms with E-state index < -0.39 is 0 Å². The van der Waals surface area contributed by atoms with E-state index in [2.05, 4.69) is 252 Å². The second kappa shape index (κ2) is 15.5. The van der Waals surface area contributed by atoms with Crippen LogP contribution in [0.1, 0.15) is 0 Å². The molecule has 0 heterocycles. The van der Waals surface area contributed by atoms with Crippen LogP contribution in [0.15, 0.2) is 243 Å². The summed E-state index contributed by atoms with van der Waals surface area (Å²) in [5.74, 6) is 0. The molecule has 0 radical (unpaired) electrons. The van der Waals surface area contributed by atoms with Gasteiger partial charge in [0, 0.05) is 34.1 Å². The van der Waals surface area contributed by atoms with E-state index in [0.717, 1.165) is 34.1 Å². The first-order valence-electron chi connectivity index (χ1n) is 19.9. The highest BCUT2D eigenvalue weighted by atomic mass is 15.2. The van der Waals surface area contributed by atoms with Gasteiger partial charge < -0.3 is 9.80 Å². The Morgan fingerprint density at radius 3 is 0.759 bits per heavy atom. The molecule has 0 aliphatic rings. The number of fused-ring (bicyclic) bond motifs is 2. The SMILES string of the molecule is c1ccc(-c2ccc(N(c3ccccc3)c3ccc(N(c4ccccc4)c4ccc(-c5c6ccccc6c(-c6ccccc6)c6ccccc56)cc4)cc3)cc2)cc1. The van der Waals surface area contributed by atoms with Gasteiger partial charge in [-0.3, -0.25) is 0 Å². The number of benzene rings is 10. The minimum Gasteiger partial charge on any atom is -0.311 e. The van der Waals surface area contributed by atoms with Crippen LogP contribution in [-0.2, 0) is 0 Å². The van der Waals surface area contributed by atoms with Crippen LogP contribution in [0.2, 0.25) is 0 Å². The zero-order valence-electron chi connectivity index (χ0n) is 32.0. The maximum absolute atomic E-state index is 2.34. The normalized spacial score (nSPS) is 11.1. The lowest BCUT2D eigenvalue weighted by Gasteiger charge is -2.28. The summed E-state index contributed by atoms with van der Waals surface area (Å²) in [6.07, 6.45) is 0. The van der Waals surface area contributed by atoms with Crippen molar-refractivity contribution in [3.8, 4) is 33.4 Å². The molecule has 0 aromatic heterocycles. The number of hydrogen-bond donors (Lipinski definition) is 0. The van der Waals surface area contributed by atoms with Gasteiger partial charge in [0.2, 0.25) is 0 Å². The molecule has 10 rings (SSSR count). The van der Waals surface area contributed by atoms with E-state index in [-0.39, 0.29) is 0 Å². The molecule has 58 heavy (non-hydrogen) atoms. The van der Waals surface area contributed by atoms with Crippen molar-refractivity contribution in [1.29, 1.82) is 0 Å². The highest BCUT2D eigenvalue weighted by Crippen LogP contribution is 2.45. The van der Waals surface area contributed by atoms with Crippen molar-refractivity contribution in [2.24, 2.45) is 0 Å². The van der Waals surface area contributed by atoms with E-state index in [0.29, 0.717) is 0 Å². The van der Waals surface area contributed by atoms with Gasteiger partial charge in [0.15, 0.2) is 0 Å². The van der Waals surface area contributed by atoms with Crippen LogP contribution in [0.25, 0.3) is 54.9 Å². The zero-order valence-corrected chi connectivity index (χ0v) is 32.0. The molecule has 0 atom stereocenters. The number of anilines is 6. The topological polar surface area (TPSA) is 6.48 Å². The predicted octanol–water partition coefficient (Wildman–Crippen LogP) is 15.9. The van der Waals surface area contributed by atoms with Crippen molar-refractivity contribution in [2.45, 2.75) is 0 Å². The van der Waals surface area contributed by atoms with E-state index in [1.807, 2.05) is 0 Å². The zero-order chi connectivity index (χ0) is 38.7. The lowest BCUT2D eigenvalue weighted by atomic mass is 9.86. The largest absolute Gasteiger partial charge is 0.311 e. The molecule has 0 saturated heterocycles. The van der Waals surface area contributed by atoms with Crippen LogP contribution >= 0.6 is 0 Å². The summed E-state index contributed by atoms with van der Waals surface area (Å²) in [5, 5.41) is 5.02. The third-order valence-electron chi connectivity index (χ3n) is 11.0. The maximum atomic E-state index is 2.34. The van der Waals surface area contributed by atoms with Gasteiger partial charge in [0.1, 0.15) is 0 Å². The Morgan fingerprint density at radius 2 is 0.397 bits per heavy atom. The summed E-state index contributed by atoms with van der Waals surface area (Å²) in [6, 6.07) is 87.1. The molecule has 0 fully saturated rings. The van der Waals surface area contributed by atoms with Crippen molar-refractivity contribution in [1.82, 2.24) is 0 Å². The molecular formula is C56H40N2. The molecule has 0 amide bonds. The highest BCUT2D eigenvalue weighted by molar-refractivity contribution is 6.21. The van der Waals surface area contributed by atoms with Crippen molar-refractivity contribution < 1.29 is 0 Å². The van der Waals surface area contributed by atoms with Gasteiger partial charge in [-0.05, 0) is 128 Å². The van der Waals surface area contributed by atoms with E-state index >= 15 is 0 Å². The van der Waals surface area contributed by atoms with Crippen molar-refractivity contribution in [3.05, 3.63) is 243 Å². The summed E-state index contributed by atoms with van der Waals surface area (Å²) in [5.41, 5.74) is 13.9. The number of nitrogens with zero attached hydrogens (tertiary/aromatic N) is 2. The molecule has 10 aromatic carbocycles. The molecule has 0 aliphatic heterocycles. The molecule has 0 spiro atoms. The third kappa shape index (κ3) is 6.57. The minimum atomic E-state index is 1.08. The van der Waals surface area contributed by atoms with Gasteiger partial charge in [-0.25, -0.2) is 0 Å².